The molecule has 1 aromatic rings. The molecular formula is C15H13F3N2O4. The fraction of sp³-hybridized carbons (Fsp3) is 0.267. The summed E-state index contributed by atoms with van der Waals surface area (Å²) in [7, 11) is 0. The van der Waals surface area contributed by atoms with Crippen molar-refractivity contribution in [2.24, 2.45) is 0 Å². The van der Waals surface area contributed by atoms with Gasteiger partial charge in [0.2, 0.25) is 0 Å². The van der Waals surface area contributed by atoms with Crippen LogP contribution in [0.5, 0.6) is 5.75 Å². The Balaban J connectivity index is 2.41. The van der Waals surface area contributed by atoms with Crippen molar-refractivity contribution in [1.29, 1.82) is 5.26 Å². The van der Waals surface area contributed by atoms with Crippen molar-refractivity contribution in [3.05, 3.63) is 35.9 Å². The Morgan fingerprint density at radius 2 is 1.92 bits per heavy atom. The van der Waals surface area contributed by atoms with E-state index in [4.69, 9.17) is 5.26 Å². The highest BCUT2D eigenvalue weighted by Gasteiger charge is 2.30. The van der Waals surface area contributed by atoms with Gasteiger partial charge in [-0.25, -0.2) is 4.79 Å². The van der Waals surface area contributed by atoms with E-state index in [1.165, 1.54) is 18.2 Å². The Labute approximate surface area is 135 Å². The molecule has 1 N–H and O–H groups in total. The molecule has 9 heteroatoms. The normalized spacial score (nSPS) is 10.9. The van der Waals surface area contributed by atoms with Gasteiger partial charge in [-0.05, 0) is 23.8 Å². The Kier molecular flexibility index (Phi) is 7.29. The third kappa shape index (κ3) is 8.43. The lowest BCUT2D eigenvalue weighted by molar-refractivity contribution is -0.274. The van der Waals surface area contributed by atoms with Crippen LogP contribution in [-0.2, 0) is 14.3 Å². The number of benzene rings is 1. The van der Waals surface area contributed by atoms with Crippen LogP contribution in [0, 0.1) is 11.3 Å². The molecule has 1 aromatic carbocycles. The van der Waals surface area contributed by atoms with Crippen molar-refractivity contribution >= 4 is 18.0 Å². The zero-order valence-electron chi connectivity index (χ0n) is 12.3. The van der Waals surface area contributed by atoms with Gasteiger partial charge in [0.1, 0.15) is 5.75 Å². The predicted octanol–water partition coefficient (Wildman–Crippen LogP) is 2.17. The quantitative estimate of drug-likeness (QED) is 0.466. The molecule has 0 spiro atoms. The molecule has 0 aliphatic carbocycles. The lowest BCUT2D eigenvalue weighted by Crippen LogP contribution is -2.29. The number of nitrogens with one attached hydrogen (secondary N) is 1. The number of nitriles is 1. The highest BCUT2D eigenvalue weighted by Crippen LogP contribution is 2.22. The van der Waals surface area contributed by atoms with Crippen LogP contribution in [0.2, 0.25) is 0 Å². The third-order valence-electron chi connectivity index (χ3n) is 2.43. The second kappa shape index (κ2) is 9.19. The number of hydrogen-bond acceptors (Lipinski definition) is 5. The first-order valence-electron chi connectivity index (χ1n) is 6.64. The van der Waals surface area contributed by atoms with Crippen LogP contribution in [0.25, 0.3) is 6.08 Å². The molecule has 0 aromatic heterocycles. The fourth-order valence-electron chi connectivity index (χ4n) is 1.44. The Morgan fingerprint density at radius 1 is 1.25 bits per heavy atom. The predicted molar refractivity (Wildman–Crippen MR) is 76.4 cm³/mol. The Bertz CT molecular complexity index is 634. The van der Waals surface area contributed by atoms with Gasteiger partial charge in [0, 0.05) is 12.6 Å². The van der Waals surface area contributed by atoms with E-state index in [2.05, 4.69) is 14.8 Å². The van der Waals surface area contributed by atoms with E-state index in [1.54, 1.807) is 0 Å². The lowest BCUT2D eigenvalue weighted by Gasteiger charge is -2.08. The summed E-state index contributed by atoms with van der Waals surface area (Å²) < 4.78 is 44.4. The van der Waals surface area contributed by atoms with Gasteiger partial charge >= 0.3 is 12.3 Å². The number of halogens is 3. The number of rotatable bonds is 7. The van der Waals surface area contributed by atoms with Gasteiger partial charge < -0.3 is 14.8 Å². The largest absolute Gasteiger partial charge is 0.573 e. The SMILES string of the molecule is N#CCCNC(=O)COC(=O)/C=C/c1ccc(OC(F)(F)F)cc1. The number of hydrogen-bond donors (Lipinski definition) is 1. The van der Waals surface area contributed by atoms with Gasteiger partial charge in [-0.2, -0.15) is 5.26 Å². The molecule has 0 bridgehead atoms. The monoisotopic (exact) mass is 342 g/mol. The molecule has 0 saturated carbocycles. The molecule has 1 amide bonds. The van der Waals surface area contributed by atoms with E-state index < -0.39 is 24.8 Å². The number of carbonyl (C=O) groups is 2. The van der Waals surface area contributed by atoms with Crippen LogP contribution in [-0.4, -0.2) is 31.4 Å². The van der Waals surface area contributed by atoms with E-state index in [0.29, 0.717) is 5.56 Å². The summed E-state index contributed by atoms with van der Waals surface area (Å²) in [6.45, 7) is -0.331. The number of carbonyl (C=O) groups excluding carboxylic acids is 2. The van der Waals surface area contributed by atoms with Crippen molar-refractivity contribution in [3.8, 4) is 11.8 Å². The summed E-state index contributed by atoms with van der Waals surface area (Å²) >= 11 is 0. The molecule has 0 fully saturated rings. The maximum absolute atomic E-state index is 12.0. The summed E-state index contributed by atoms with van der Waals surface area (Å²) in [6, 6.07) is 6.67. The minimum atomic E-state index is -4.77. The van der Waals surface area contributed by atoms with Gasteiger partial charge in [0.25, 0.3) is 5.91 Å². The summed E-state index contributed by atoms with van der Waals surface area (Å²) in [5, 5.41) is 10.7. The van der Waals surface area contributed by atoms with Gasteiger partial charge in [-0.3, -0.25) is 4.79 Å². The van der Waals surface area contributed by atoms with Crippen LogP contribution in [0.15, 0.2) is 30.3 Å². The Hall–Kier alpha value is -3.02. The van der Waals surface area contributed by atoms with E-state index in [0.717, 1.165) is 18.2 Å². The standard InChI is InChI=1S/C15H13F3N2O4/c16-15(17,18)24-12-5-2-11(3-6-12)4-7-14(22)23-10-13(21)20-9-1-8-19/h2-7H,1,9-10H2,(H,20,21)/b7-4+. The first kappa shape index (κ1) is 19.0. The molecule has 0 atom stereocenters. The summed E-state index contributed by atoms with van der Waals surface area (Å²) in [4.78, 5) is 22.6. The van der Waals surface area contributed by atoms with Crippen molar-refractivity contribution < 1.29 is 32.2 Å². The molecule has 0 heterocycles. The average molecular weight is 342 g/mol. The van der Waals surface area contributed by atoms with E-state index in [1.807, 2.05) is 6.07 Å². The molecular weight excluding hydrogens is 329 g/mol. The first-order chi connectivity index (χ1) is 11.3. The molecule has 0 aliphatic heterocycles. The number of ether oxygens (including phenoxy) is 2. The molecule has 24 heavy (non-hydrogen) atoms. The molecule has 0 radical (unpaired) electrons. The number of amides is 1. The number of alkyl halides is 3. The van der Waals surface area contributed by atoms with Crippen LogP contribution in [0.4, 0.5) is 13.2 Å². The zero-order valence-corrected chi connectivity index (χ0v) is 12.3. The Morgan fingerprint density at radius 3 is 2.50 bits per heavy atom. The maximum atomic E-state index is 12.0. The molecule has 128 valence electrons. The van der Waals surface area contributed by atoms with Gasteiger partial charge in [0.15, 0.2) is 6.61 Å². The molecule has 1 rings (SSSR count). The second-order valence-corrected chi connectivity index (χ2v) is 4.32. The molecule has 0 aliphatic rings. The smallest absolute Gasteiger partial charge is 0.452 e. The maximum Gasteiger partial charge on any atom is 0.573 e. The van der Waals surface area contributed by atoms with Crippen molar-refractivity contribution in [3.63, 3.8) is 0 Å². The van der Waals surface area contributed by atoms with Crippen molar-refractivity contribution in [2.75, 3.05) is 13.2 Å². The number of esters is 1. The average Bonchev–Trinajstić information content (AvgIpc) is 2.51. The van der Waals surface area contributed by atoms with Gasteiger partial charge in [0.05, 0.1) is 12.5 Å². The van der Waals surface area contributed by atoms with Gasteiger partial charge in [-0.15, -0.1) is 13.2 Å². The minimum Gasteiger partial charge on any atom is -0.452 e. The zero-order chi connectivity index (χ0) is 18.0. The molecule has 6 nitrogen and oxygen atoms in total. The number of nitrogens with zero attached hydrogens (tertiary/aromatic N) is 1. The molecule has 0 saturated heterocycles. The van der Waals surface area contributed by atoms with Crippen LogP contribution >= 0.6 is 0 Å². The van der Waals surface area contributed by atoms with E-state index >= 15 is 0 Å². The molecule has 0 unspecified atom stereocenters. The van der Waals surface area contributed by atoms with Crippen LogP contribution in [0.3, 0.4) is 0 Å². The van der Waals surface area contributed by atoms with E-state index in [-0.39, 0.29) is 18.7 Å². The highest BCUT2D eigenvalue weighted by molar-refractivity contribution is 5.89. The highest BCUT2D eigenvalue weighted by atomic mass is 19.4. The summed E-state index contributed by atoms with van der Waals surface area (Å²) in [6.07, 6.45) is -2.28. The fourth-order valence-corrected chi connectivity index (χ4v) is 1.44. The lowest BCUT2D eigenvalue weighted by atomic mass is 10.2. The van der Waals surface area contributed by atoms with E-state index in [9.17, 15) is 22.8 Å². The summed E-state index contributed by atoms with van der Waals surface area (Å²) in [5.41, 5.74) is 0.444. The first-order valence-corrected chi connectivity index (χ1v) is 6.64. The minimum absolute atomic E-state index is 0.146. The second-order valence-electron chi connectivity index (χ2n) is 4.32. The van der Waals surface area contributed by atoms with Crippen molar-refractivity contribution in [2.45, 2.75) is 12.8 Å². The van der Waals surface area contributed by atoms with Crippen LogP contribution < -0.4 is 10.1 Å². The van der Waals surface area contributed by atoms with Crippen LogP contribution in [0.1, 0.15) is 12.0 Å². The topological polar surface area (TPSA) is 88.4 Å². The van der Waals surface area contributed by atoms with Crippen molar-refractivity contribution in [1.82, 2.24) is 5.32 Å². The summed E-state index contributed by atoms with van der Waals surface area (Å²) in [5.74, 6) is -1.71. The third-order valence-corrected chi connectivity index (χ3v) is 2.43. The van der Waals surface area contributed by atoms with Gasteiger partial charge in [-0.1, -0.05) is 12.1 Å².